The second-order valence-corrected chi connectivity index (χ2v) is 27.5. The fraction of sp³-hybridized carbons (Fsp3) is 0.897. The SMILES string of the molecule is CC=C(C)C(=O)OC1CC(C)(C)CC2C3=CCC4C5(C)CCC(OC6OC(C(=O)O)C(O)C(OC7OCC(O)C(O)C7OC7OC(CO)C(O)C(O)C7O)C6OC6OC(CO)C(O)C(O)C6O)C(C)(C)C5CCC4(C)C3(C)CC(O)C12CO. The van der Waals surface area contributed by atoms with Crippen molar-refractivity contribution in [1.82, 2.24) is 0 Å². The van der Waals surface area contributed by atoms with Crippen LogP contribution in [0.5, 0.6) is 0 Å². The summed E-state index contributed by atoms with van der Waals surface area (Å²) in [6.45, 7) is 15.9. The number of aliphatic hydroxyl groups is 13. The third-order valence-electron chi connectivity index (χ3n) is 22.1. The molecular weight excluding hydrogens is 1100 g/mol. The number of fused-ring (bicyclic) bond motifs is 7. The Morgan fingerprint density at radius 2 is 1.23 bits per heavy atom. The van der Waals surface area contributed by atoms with Crippen LogP contribution in [0.4, 0.5) is 0 Å². The normalized spacial score (nSPS) is 51.5. The fourth-order valence-corrected chi connectivity index (χ4v) is 17.1. The molecule has 4 heterocycles. The van der Waals surface area contributed by atoms with Gasteiger partial charge in [-0.2, -0.15) is 0 Å². The zero-order chi connectivity index (χ0) is 61.0. The molecule has 0 aromatic heterocycles. The minimum Gasteiger partial charge on any atom is -0.479 e. The Kier molecular flexibility index (Phi) is 18.7. The number of hydrogen-bond donors (Lipinski definition) is 14. The van der Waals surface area contributed by atoms with E-state index in [4.69, 9.17) is 42.6 Å². The summed E-state index contributed by atoms with van der Waals surface area (Å²) in [7, 11) is 0. The van der Waals surface area contributed by atoms with E-state index in [-0.39, 0.29) is 40.6 Å². The molecule has 4 saturated heterocycles. The lowest BCUT2D eigenvalue weighted by Gasteiger charge is -2.72. The molecule has 25 heteroatoms. The number of aliphatic carboxylic acids is 1. The number of carboxylic acids is 1. The highest BCUT2D eigenvalue weighted by Gasteiger charge is 2.72. The quantitative estimate of drug-likeness (QED) is 0.0413. The van der Waals surface area contributed by atoms with Gasteiger partial charge in [0.1, 0.15) is 91.6 Å². The van der Waals surface area contributed by atoms with Crippen molar-refractivity contribution in [2.75, 3.05) is 26.4 Å². The lowest BCUT2D eigenvalue weighted by Crippen LogP contribution is -2.70. The van der Waals surface area contributed by atoms with Crippen LogP contribution in [-0.4, -0.2) is 245 Å². The molecule has 9 rings (SSSR count). The van der Waals surface area contributed by atoms with E-state index in [2.05, 4.69) is 40.7 Å². The van der Waals surface area contributed by atoms with E-state index in [1.54, 1.807) is 19.9 Å². The number of aliphatic hydroxyl groups excluding tert-OH is 13. The fourth-order valence-electron chi connectivity index (χ4n) is 17.1. The van der Waals surface area contributed by atoms with Gasteiger partial charge in [0.05, 0.1) is 44.1 Å². The summed E-state index contributed by atoms with van der Waals surface area (Å²) >= 11 is 0. The number of rotatable bonds is 14. The number of hydrogen-bond acceptors (Lipinski definition) is 24. The van der Waals surface area contributed by atoms with Crippen molar-refractivity contribution < 1.29 is 124 Å². The highest BCUT2D eigenvalue weighted by atomic mass is 16.8. The van der Waals surface area contributed by atoms with E-state index in [0.29, 0.717) is 50.5 Å². The van der Waals surface area contributed by atoms with Crippen molar-refractivity contribution in [3.05, 3.63) is 23.3 Å². The predicted molar refractivity (Wildman–Crippen MR) is 283 cm³/mol. The first kappa shape index (κ1) is 65.0. The zero-order valence-electron chi connectivity index (χ0n) is 48.8. The summed E-state index contributed by atoms with van der Waals surface area (Å²) in [6, 6.07) is 0. The van der Waals surface area contributed by atoms with E-state index >= 15 is 0 Å². The summed E-state index contributed by atoms with van der Waals surface area (Å²) in [5.74, 6) is -2.49. The van der Waals surface area contributed by atoms with Gasteiger partial charge in [0, 0.05) is 5.57 Å². The topological polar surface area (TPSA) is 400 Å². The van der Waals surface area contributed by atoms with Crippen LogP contribution in [-0.2, 0) is 52.2 Å². The first-order valence-corrected chi connectivity index (χ1v) is 29.4. The average Bonchev–Trinajstić information content (AvgIpc) is 0.747. The molecule has 29 atom stereocenters. The summed E-state index contributed by atoms with van der Waals surface area (Å²) in [6.07, 6.45) is -30.1. The van der Waals surface area contributed by atoms with Gasteiger partial charge >= 0.3 is 11.9 Å². The predicted octanol–water partition coefficient (Wildman–Crippen LogP) is -1.37. The van der Waals surface area contributed by atoms with Gasteiger partial charge in [-0.1, -0.05) is 66.2 Å². The molecule has 4 saturated carbocycles. The Morgan fingerprint density at radius 1 is 0.639 bits per heavy atom. The molecule has 0 aromatic carbocycles. The van der Waals surface area contributed by atoms with Gasteiger partial charge < -0.3 is 114 Å². The van der Waals surface area contributed by atoms with Crippen LogP contribution < -0.4 is 0 Å². The van der Waals surface area contributed by atoms with Crippen LogP contribution in [0, 0.1) is 50.2 Å². The van der Waals surface area contributed by atoms with Gasteiger partial charge in [0.25, 0.3) is 0 Å². The Bertz CT molecular complexity index is 2380. The van der Waals surface area contributed by atoms with Crippen molar-refractivity contribution in [2.45, 2.75) is 249 Å². The minimum absolute atomic E-state index is 0.0548. The molecule has 0 aromatic rings. The zero-order valence-corrected chi connectivity index (χ0v) is 48.8. The van der Waals surface area contributed by atoms with E-state index in [0.717, 1.165) is 6.42 Å². The maximum atomic E-state index is 13.4. The molecule has 0 spiro atoms. The maximum absolute atomic E-state index is 13.4. The Hall–Kier alpha value is -2.42. The van der Waals surface area contributed by atoms with Crippen LogP contribution >= 0.6 is 0 Å². The van der Waals surface area contributed by atoms with E-state index < -0.39 is 183 Å². The number of allylic oxidation sites excluding steroid dienone is 3. The molecule has 14 N–H and O–H groups in total. The second-order valence-electron chi connectivity index (χ2n) is 27.5. The number of carbonyl (C=O) groups excluding carboxylic acids is 1. The standard InChI is InChI=1S/C58H92O25/c1-10-24(2)48(74)78-34-19-53(3,4)17-26-25-11-12-31-55(7)15-14-33(54(5,6)30(55)13-16-56(31,8)57(25,9)18-32(63)58(26,34)23-61)79-52-46(83-50-41(70)39(68)37(66)29(21-60)77-50)43(42(71)44(81-52)47(72)73)80-51-45(35(64)27(62)22-75-51)82-49-40(69)38(67)36(65)28(20-59)76-49/h10-11,26-46,49-52,59-71H,12-23H2,1-9H3,(H,72,73). The molecule has 0 amide bonds. The molecular formula is C58H92O25. The van der Waals surface area contributed by atoms with Gasteiger partial charge in [0.2, 0.25) is 0 Å². The summed E-state index contributed by atoms with van der Waals surface area (Å²) in [5.41, 5.74) is -1.89. The Labute approximate surface area is 483 Å². The van der Waals surface area contributed by atoms with Gasteiger partial charge in [-0.3, -0.25) is 0 Å². The molecule has 29 unspecified atom stereocenters. The van der Waals surface area contributed by atoms with Crippen LogP contribution in [0.25, 0.3) is 0 Å². The number of esters is 1. The van der Waals surface area contributed by atoms with Crippen LogP contribution in [0.1, 0.15) is 114 Å². The van der Waals surface area contributed by atoms with Gasteiger partial charge in [0.15, 0.2) is 31.3 Å². The van der Waals surface area contributed by atoms with Crippen molar-refractivity contribution in [2.24, 2.45) is 50.2 Å². The van der Waals surface area contributed by atoms with Crippen molar-refractivity contribution in [1.29, 1.82) is 0 Å². The first-order chi connectivity index (χ1) is 38.8. The third kappa shape index (κ3) is 10.8. The van der Waals surface area contributed by atoms with Gasteiger partial charge in [-0.05, 0) is 110 Å². The molecule has 8 fully saturated rings. The summed E-state index contributed by atoms with van der Waals surface area (Å²) < 4.78 is 55.0. The maximum Gasteiger partial charge on any atom is 0.335 e. The molecule has 4 aliphatic heterocycles. The number of ether oxygens (including phenoxy) is 9. The Balaban J connectivity index is 1.03. The summed E-state index contributed by atoms with van der Waals surface area (Å²) in [4.78, 5) is 26.6. The van der Waals surface area contributed by atoms with Crippen LogP contribution in [0.3, 0.4) is 0 Å². The monoisotopic (exact) mass is 1190 g/mol. The van der Waals surface area contributed by atoms with Crippen LogP contribution in [0.2, 0.25) is 0 Å². The largest absolute Gasteiger partial charge is 0.479 e. The summed E-state index contributed by atoms with van der Waals surface area (Å²) in [5, 5.41) is 154. The molecule has 83 heavy (non-hydrogen) atoms. The van der Waals surface area contributed by atoms with Crippen molar-refractivity contribution >= 4 is 11.9 Å². The Morgan fingerprint density at radius 3 is 1.80 bits per heavy atom. The molecule has 9 aliphatic rings. The van der Waals surface area contributed by atoms with E-state index in [9.17, 15) is 81.1 Å². The minimum atomic E-state index is -2.23. The number of carbonyl (C=O) groups is 2. The lowest BCUT2D eigenvalue weighted by atomic mass is 9.33. The lowest BCUT2D eigenvalue weighted by molar-refractivity contribution is -0.401. The van der Waals surface area contributed by atoms with Crippen molar-refractivity contribution in [3.8, 4) is 0 Å². The number of carboxylic acid groups (broad SMARTS) is 1. The highest BCUT2D eigenvalue weighted by molar-refractivity contribution is 5.87. The first-order valence-electron chi connectivity index (χ1n) is 29.4. The van der Waals surface area contributed by atoms with Crippen molar-refractivity contribution in [3.63, 3.8) is 0 Å². The van der Waals surface area contributed by atoms with Crippen LogP contribution in [0.15, 0.2) is 23.3 Å². The second kappa shape index (κ2) is 23.8. The van der Waals surface area contributed by atoms with E-state index in [1.165, 1.54) is 5.57 Å². The van der Waals surface area contributed by atoms with E-state index in [1.807, 2.05) is 13.8 Å². The molecule has 0 radical (unpaired) electrons. The molecule has 5 aliphatic carbocycles. The smallest absolute Gasteiger partial charge is 0.335 e. The molecule has 25 nitrogen and oxygen atoms in total. The molecule has 0 bridgehead atoms. The van der Waals surface area contributed by atoms with Gasteiger partial charge in [-0.25, -0.2) is 9.59 Å². The van der Waals surface area contributed by atoms with Gasteiger partial charge in [-0.15, -0.1) is 0 Å². The average molecular weight is 1190 g/mol. The highest BCUT2D eigenvalue weighted by Crippen LogP contribution is 2.76. The molecule has 474 valence electrons. The third-order valence-corrected chi connectivity index (χ3v) is 22.1.